The van der Waals surface area contributed by atoms with Crippen molar-refractivity contribution in [2.24, 2.45) is 5.41 Å². The van der Waals surface area contributed by atoms with Gasteiger partial charge in [0.1, 0.15) is 5.60 Å². The van der Waals surface area contributed by atoms with E-state index >= 15 is 0 Å². The van der Waals surface area contributed by atoms with Gasteiger partial charge in [-0.05, 0) is 37.3 Å². The van der Waals surface area contributed by atoms with Crippen molar-refractivity contribution in [1.82, 2.24) is 10.6 Å². The molecule has 0 spiro atoms. The summed E-state index contributed by atoms with van der Waals surface area (Å²) in [6.45, 7) is 14.3. The highest BCUT2D eigenvalue weighted by atomic mass is 16.6. The quantitative estimate of drug-likeness (QED) is 0.682. The molecule has 2 rings (SSSR count). The van der Waals surface area contributed by atoms with Crippen molar-refractivity contribution in [1.29, 1.82) is 0 Å². The summed E-state index contributed by atoms with van der Waals surface area (Å²) in [6.07, 6.45) is -0.399. The van der Waals surface area contributed by atoms with Crippen molar-refractivity contribution in [2.75, 3.05) is 19.6 Å². The Bertz CT molecular complexity index is 719. The number of carbonyl (C=O) groups is 1. The molecule has 0 saturated heterocycles. The maximum atomic E-state index is 12.4. The Morgan fingerprint density at radius 3 is 1.66 bits per heavy atom. The molecule has 2 aromatic carbocycles. The van der Waals surface area contributed by atoms with Crippen molar-refractivity contribution >= 4 is 6.09 Å². The third-order valence-electron chi connectivity index (χ3n) is 4.67. The molecule has 158 valence electrons. The van der Waals surface area contributed by atoms with Crippen LogP contribution in [0.1, 0.15) is 52.7 Å². The summed E-state index contributed by atoms with van der Waals surface area (Å²) < 4.78 is 5.49. The molecule has 2 aromatic rings. The predicted octanol–water partition coefficient (Wildman–Crippen LogP) is 5.13. The van der Waals surface area contributed by atoms with Gasteiger partial charge in [-0.15, -0.1) is 0 Å². The van der Waals surface area contributed by atoms with Gasteiger partial charge in [-0.25, -0.2) is 4.79 Å². The zero-order valence-electron chi connectivity index (χ0n) is 18.7. The minimum atomic E-state index is -0.531. The highest BCUT2D eigenvalue weighted by Crippen LogP contribution is 2.32. The lowest BCUT2D eigenvalue weighted by Gasteiger charge is -2.37. The fourth-order valence-electron chi connectivity index (χ4n) is 3.34. The maximum Gasteiger partial charge on any atom is 0.407 e. The molecule has 2 N–H and O–H groups in total. The third kappa shape index (κ3) is 7.21. The van der Waals surface area contributed by atoms with Crippen LogP contribution in [0, 0.1) is 5.41 Å². The van der Waals surface area contributed by atoms with Crippen LogP contribution < -0.4 is 10.6 Å². The Kier molecular flexibility index (Phi) is 7.48. The van der Waals surface area contributed by atoms with Crippen LogP contribution in [0.2, 0.25) is 0 Å². The van der Waals surface area contributed by atoms with E-state index in [1.807, 2.05) is 57.2 Å². The van der Waals surface area contributed by atoms with E-state index in [-0.39, 0.29) is 5.41 Å². The summed E-state index contributed by atoms with van der Waals surface area (Å²) >= 11 is 0. The molecule has 1 amide bonds. The normalized spacial score (nSPS) is 12.5. The van der Waals surface area contributed by atoms with E-state index < -0.39 is 17.1 Å². The number of amides is 1. The number of rotatable bonds is 7. The molecule has 0 radical (unpaired) electrons. The van der Waals surface area contributed by atoms with Crippen LogP contribution in [0.5, 0.6) is 0 Å². The Labute approximate surface area is 176 Å². The van der Waals surface area contributed by atoms with Crippen molar-refractivity contribution in [2.45, 2.75) is 52.6 Å². The number of alkyl carbamates (subject to hydrolysis) is 1. The first-order chi connectivity index (χ1) is 13.5. The van der Waals surface area contributed by atoms with Gasteiger partial charge in [-0.1, -0.05) is 81.4 Å². The van der Waals surface area contributed by atoms with Crippen molar-refractivity contribution in [3.63, 3.8) is 0 Å². The molecule has 0 bridgehead atoms. The molecule has 4 heteroatoms. The Morgan fingerprint density at radius 1 is 0.759 bits per heavy atom. The van der Waals surface area contributed by atoms with Gasteiger partial charge >= 0.3 is 6.09 Å². The minimum absolute atomic E-state index is 0.164. The first-order valence-corrected chi connectivity index (χ1v) is 10.3. The van der Waals surface area contributed by atoms with Gasteiger partial charge in [-0.2, -0.15) is 0 Å². The second kappa shape index (κ2) is 9.45. The molecule has 0 unspecified atom stereocenters. The Balaban J connectivity index is 2.38. The molecular weight excluding hydrogens is 360 g/mol. The summed E-state index contributed by atoms with van der Waals surface area (Å²) in [4.78, 5) is 12.4. The van der Waals surface area contributed by atoms with Crippen LogP contribution in [0.25, 0.3) is 0 Å². The topological polar surface area (TPSA) is 50.4 Å². The minimum Gasteiger partial charge on any atom is -0.444 e. The highest BCUT2D eigenvalue weighted by molar-refractivity contribution is 5.68. The summed E-state index contributed by atoms with van der Waals surface area (Å²) in [5, 5.41) is 6.67. The summed E-state index contributed by atoms with van der Waals surface area (Å²) in [5.74, 6) is 0. The first-order valence-electron chi connectivity index (χ1n) is 10.3. The smallest absolute Gasteiger partial charge is 0.407 e. The summed E-state index contributed by atoms with van der Waals surface area (Å²) in [5.41, 5.74) is 1.53. The van der Waals surface area contributed by atoms with E-state index in [2.05, 4.69) is 55.7 Å². The molecule has 0 saturated carbocycles. The number of hydrogen-bond acceptors (Lipinski definition) is 3. The number of carbonyl (C=O) groups excluding carboxylic acids is 1. The molecular formula is C25H36N2O2. The number of ether oxygens (including phenoxy) is 1. The van der Waals surface area contributed by atoms with Crippen molar-refractivity contribution in [3.8, 4) is 0 Å². The van der Waals surface area contributed by atoms with Crippen LogP contribution in [-0.4, -0.2) is 31.3 Å². The maximum absolute atomic E-state index is 12.4. The number of benzene rings is 2. The summed E-state index contributed by atoms with van der Waals surface area (Å²) in [6, 6.07) is 20.7. The lowest BCUT2D eigenvalue weighted by molar-refractivity contribution is 0.0517. The number of nitrogens with one attached hydrogen (secondary N) is 2. The van der Waals surface area contributed by atoms with Gasteiger partial charge in [0.15, 0.2) is 0 Å². The molecule has 0 fully saturated rings. The van der Waals surface area contributed by atoms with Gasteiger partial charge < -0.3 is 15.4 Å². The van der Waals surface area contributed by atoms with E-state index in [4.69, 9.17) is 4.74 Å². The zero-order valence-corrected chi connectivity index (χ0v) is 18.7. The van der Waals surface area contributed by atoms with Crippen LogP contribution in [0.15, 0.2) is 60.7 Å². The average Bonchev–Trinajstić information content (AvgIpc) is 2.64. The van der Waals surface area contributed by atoms with Gasteiger partial charge in [0, 0.05) is 19.6 Å². The number of hydrogen-bond donors (Lipinski definition) is 2. The molecule has 0 heterocycles. The standard InChI is InChI=1S/C25H36N2O2/c1-23(2,3)17-26-18-25(20-13-9-7-10-14-20,21-15-11-8-12-16-21)19-27-22(28)29-24(4,5)6/h7-16,26H,17-19H2,1-6H3,(H,27,28). The molecule has 4 nitrogen and oxygen atoms in total. The van der Waals surface area contributed by atoms with Crippen LogP contribution in [0.4, 0.5) is 4.79 Å². The molecule has 0 atom stereocenters. The average molecular weight is 397 g/mol. The molecule has 0 aliphatic carbocycles. The predicted molar refractivity (Wildman–Crippen MR) is 120 cm³/mol. The highest BCUT2D eigenvalue weighted by Gasteiger charge is 2.35. The van der Waals surface area contributed by atoms with Crippen LogP contribution >= 0.6 is 0 Å². The van der Waals surface area contributed by atoms with Gasteiger partial charge in [0.05, 0.1) is 5.41 Å². The lowest BCUT2D eigenvalue weighted by Crippen LogP contribution is -2.50. The second-order valence-electron chi connectivity index (χ2n) is 9.83. The Morgan fingerprint density at radius 2 is 1.24 bits per heavy atom. The van der Waals surface area contributed by atoms with Crippen molar-refractivity contribution in [3.05, 3.63) is 71.8 Å². The van der Waals surface area contributed by atoms with Crippen molar-refractivity contribution < 1.29 is 9.53 Å². The zero-order chi connectivity index (χ0) is 21.5. The van der Waals surface area contributed by atoms with Gasteiger partial charge in [0.2, 0.25) is 0 Å². The second-order valence-corrected chi connectivity index (χ2v) is 9.83. The largest absolute Gasteiger partial charge is 0.444 e. The van der Waals surface area contributed by atoms with E-state index in [9.17, 15) is 4.79 Å². The van der Waals surface area contributed by atoms with E-state index in [1.165, 1.54) is 0 Å². The SMILES string of the molecule is CC(C)(C)CNCC(CNC(=O)OC(C)(C)C)(c1ccccc1)c1ccccc1. The van der Waals surface area contributed by atoms with Gasteiger partial charge in [-0.3, -0.25) is 0 Å². The van der Waals surface area contributed by atoms with E-state index in [0.717, 1.165) is 17.7 Å². The monoisotopic (exact) mass is 396 g/mol. The summed E-state index contributed by atoms with van der Waals surface area (Å²) in [7, 11) is 0. The first kappa shape index (κ1) is 23.0. The van der Waals surface area contributed by atoms with E-state index in [0.29, 0.717) is 13.1 Å². The molecule has 0 aromatic heterocycles. The molecule has 29 heavy (non-hydrogen) atoms. The fourth-order valence-corrected chi connectivity index (χ4v) is 3.34. The van der Waals surface area contributed by atoms with Crippen LogP contribution in [-0.2, 0) is 10.2 Å². The Hall–Kier alpha value is -2.33. The third-order valence-corrected chi connectivity index (χ3v) is 4.67. The molecule has 0 aliphatic heterocycles. The van der Waals surface area contributed by atoms with Gasteiger partial charge in [0.25, 0.3) is 0 Å². The molecule has 0 aliphatic rings. The fraction of sp³-hybridized carbons (Fsp3) is 0.480. The van der Waals surface area contributed by atoms with Crippen LogP contribution in [0.3, 0.4) is 0 Å². The lowest BCUT2D eigenvalue weighted by atomic mass is 9.74. The van der Waals surface area contributed by atoms with E-state index in [1.54, 1.807) is 0 Å².